The Morgan fingerprint density at radius 2 is 1.56 bits per heavy atom. The quantitative estimate of drug-likeness (QED) is 0.326. The number of nitrogens with zero attached hydrogens (tertiary/aromatic N) is 2. The van der Waals surface area contributed by atoms with Crippen LogP contribution in [-0.4, -0.2) is 48.0 Å². The standard InChI is InChI=1S/C26H24N2O6/c1-32-18-6-4-17(5-7-18)23-22(24(29)20-14-19(33-2)8-9-21(20)34-3)25(30)26(31)28(23)15-16-10-12-27-13-11-16/h4-14,23,29H,15H2,1-3H3/b24-22+. The highest BCUT2D eigenvalue weighted by Gasteiger charge is 2.46. The molecule has 1 saturated heterocycles. The predicted molar refractivity (Wildman–Crippen MR) is 125 cm³/mol. The number of rotatable bonds is 7. The van der Waals surface area contributed by atoms with Crippen molar-refractivity contribution in [2.75, 3.05) is 21.3 Å². The zero-order valence-electron chi connectivity index (χ0n) is 19.0. The van der Waals surface area contributed by atoms with E-state index >= 15 is 0 Å². The number of methoxy groups -OCH3 is 3. The van der Waals surface area contributed by atoms with Gasteiger partial charge in [-0.3, -0.25) is 14.6 Å². The third-order valence-corrected chi connectivity index (χ3v) is 5.74. The van der Waals surface area contributed by atoms with Crippen molar-refractivity contribution in [1.82, 2.24) is 9.88 Å². The highest BCUT2D eigenvalue weighted by atomic mass is 16.5. The van der Waals surface area contributed by atoms with Crippen molar-refractivity contribution in [2.24, 2.45) is 0 Å². The molecule has 1 aromatic heterocycles. The van der Waals surface area contributed by atoms with Crippen LogP contribution in [0, 0.1) is 0 Å². The van der Waals surface area contributed by atoms with E-state index < -0.39 is 17.7 Å². The molecule has 0 aliphatic carbocycles. The number of pyridine rings is 1. The van der Waals surface area contributed by atoms with Gasteiger partial charge in [0.1, 0.15) is 23.0 Å². The number of carbonyl (C=O) groups excluding carboxylic acids is 2. The molecule has 0 bridgehead atoms. The number of amides is 1. The van der Waals surface area contributed by atoms with Gasteiger partial charge in [0.2, 0.25) is 0 Å². The normalized spacial score (nSPS) is 17.0. The second-order valence-electron chi connectivity index (χ2n) is 7.62. The van der Waals surface area contributed by atoms with E-state index in [1.807, 2.05) is 0 Å². The van der Waals surface area contributed by atoms with Gasteiger partial charge in [-0.2, -0.15) is 0 Å². The highest BCUT2D eigenvalue weighted by Crippen LogP contribution is 2.42. The number of likely N-dealkylation sites (tertiary alicyclic amines) is 1. The Balaban J connectivity index is 1.90. The van der Waals surface area contributed by atoms with E-state index in [2.05, 4.69) is 4.98 Å². The third kappa shape index (κ3) is 4.17. The number of benzene rings is 2. The molecule has 2 heterocycles. The Morgan fingerprint density at radius 3 is 2.18 bits per heavy atom. The second-order valence-corrected chi connectivity index (χ2v) is 7.62. The van der Waals surface area contributed by atoms with Gasteiger partial charge in [0.05, 0.1) is 38.5 Å². The van der Waals surface area contributed by atoms with Crippen LogP contribution < -0.4 is 14.2 Å². The van der Waals surface area contributed by atoms with Crippen LogP contribution in [0.5, 0.6) is 17.2 Å². The maximum atomic E-state index is 13.3. The summed E-state index contributed by atoms with van der Waals surface area (Å²) in [7, 11) is 4.51. The first-order chi connectivity index (χ1) is 16.5. The Hall–Kier alpha value is -4.33. The number of ether oxygens (including phenoxy) is 3. The maximum absolute atomic E-state index is 13.3. The molecule has 4 rings (SSSR count). The van der Waals surface area contributed by atoms with Crippen LogP contribution in [0.3, 0.4) is 0 Å². The molecule has 1 amide bonds. The van der Waals surface area contributed by atoms with Gasteiger partial charge in [-0.15, -0.1) is 0 Å². The smallest absolute Gasteiger partial charge is 0.295 e. The van der Waals surface area contributed by atoms with E-state index in [0.29, 0.717) is 22.8 Å². The number of carbonyl (C=O) groups is 2. The topological polar surface area (TPSA) is 98.2 Å². The summed E-state index contributed by atoms with van der Waals surface area (Å²) in [6.45, 7) is 0.163. The van der Waals surface area contributed by atoms with Crippen LogP contribution in [0.2, 0.25) is 0 Å². The zero-order valence-corrected chi connectivity index (χ0v) is 19.0. The van der Waals surface area contributed by atoms with Crippen molar-refractivity contribution in [3.05, 3.63) is 89.3 Å². The number of aromatic nitrogens is 1. The van der Waals surface area contributed by atoms with E-state index in [-0.39, 0.29) is 23.4 Å². The molecule has 8 nitrogen and oxygen atoms in total. The molecule has 34 heavy (non-hydrogen) atoms. The van der Waals surface area contributed by atoms with Crippen LogP contribution in [0.25, 0.3) is 5.76 Å². The minimum atomic E-state index is -0.824. The summed E-state index contributed by atoms with van der Waals surface area (Å²) >= 11 is 0. The highest BCUT2D eigenvalue weighted by molar-refractivity contribution is 6.46. The Kier molecular flexibility index (Phi) is 6.49. The minimum absolute atomic E-state index is 0.0317. The van der Waals surface area contributed by atoms with Gasteiger partial charge in [-0.1, -0.05) is 12.1 Å². The molecule has 1 N–H and O–H groups in total. The van der Waals surface area contributed by atoms with Crippen LogP contribution in [0.4, 0.5) is 0 Å². The van der Waals surface area contributed by atoms with Gasteiger partial charge in [0.15, 0.2) is 0 Å². The number of aliphatic hydroxyl groups is 1. The molecular formula is C26H24N2O6. The molecule has 0 spiro atoms. The summed E-state index contributed by atoms with van der Waals surface area (Å²) in [5, 5.41) is 11.4. The van der Waals surface area contributed by atoms with Gasteiger partial charge in [0, 0.05) is 18.9 Å². The number of hydrogen-bond donors (Lipinski definition) is 1. The van der Waals surface area contributed by atoms with E-state index in [9.17, 15) is 14.7 Å². The fourth-order valence-corrected chi connectivity index (χ4v) is 4.00. The Morgan fingerprint density at radius 1 is 0.912 bits per heavy atom. The first-order valence-electron chi connectivity index (χ1n) is 10.5. The number of ketones is 1. The molecule has 1 aliphatic rings. The monoisotopic (exact) mass is 460 g/mol. The zero-order chi connectivity index (χ0) is 24.2. The first kappa shape index (κ1) is 22.8. The van der Waals surface area contributed by atoms with Crippen molar-refractivity contribution in [2.45, 2.75) is 12.6 Å². The molecule has 0 radical (unpaired) electrons. The third-order valence-electron chi connectivity index (χ3n) is 5.74. The lowest BCUT2D eigenvalue weighted by atomic mass is 9.94. The maximum Gasteiger partial charge on any atom is 0.295 e. The average molecular weight is 460 g/mol. The summed E-state index contributed by atoms with van der Waals surface area (Å²) in [6.07, 6.45) is 3.24. The predicted octanol–water partition coefficient (Wildman–Crippen LogP) is 3.73. The molecule has 0 saturated carbocycles. The van der Waals surface area contributed by atoms with E-state index in [0.717, 1.165) is 5.56 Å². The summed E-state index contributed by atoms with van der Waals surface area (Å²) in [6, 6.07) is 14.6. The molecule has 1 atom stereocenters. The Labute approximate surface area is 197 Å². The van der Waals surface area contributed by atoms with Gasteiger partial charge in [0.25, 0.3) is 11.7 Å². The van der Waals surface area contributed by atoms with E-state index in [1.54, 1.807) is 74.1 Å². The Bertz CT molecular complexity index is 1240. The van der Waals surface area contributed by atoms with Crippen molar-refractivity contribution in [3.8, 4) is 17.2 Å². The minimum Gasteiger partial charge on any atom is -0.507 e. The molecule has 1 aliphatic heterocycles. The molecule has 1 unspecified atom stereocenters. The summed E-state index contributed by atoms with van der Waals surface area (Å²) in [5.74, 6) is -0.392. The van der Waals surface area contributed by atoms with Crippen molar-refractivity contribution >= 4 is 17.4 Å². The summed E-state index contributed by atoms with van der Waals surface area (Å²) in [5.41, 5.74) is 1.67. The van der Waals surface area contributed by atoms with Crippen LogP contribution in [0.15, 0.2) is 72.6 Å². The number of hydrogen-bond acceptors (Lipinski definition) is 7. The lowest BCUT2D eigenvalue weighted by molar-refractivity contribution is -0.140. The molecule has 1 fully saturated rings. The van der Waals surface area contributed by atoms with E-state index in [4.69, 9.17) is 14.2 Å². The van der Waals surface area contributed by atoms with Gasteiger partial charge in [-0.25, -0.2) is 0 Å². The molecule has 8 heteroatoms. The number of Topliss-reactive ketones (excluding diaryl/α,β-unsaturated/α-hetero) is 1. The van der Waals surface area contributed by atoms with Gasteiger partial charge in [-0.05, 0) is 53.6 Å². The molecular weight excluding hydrogens is 436 g/mol. The summed E-state index contributed by atoms with van der Waals surface area (Å²) in [4.78, 5) is 31.9. The second kappa shape index (κ2) is 9.66. The fourth-order valence-electron chi connectivity index (χ4n) is 4.00. The number of aliphatic hydroxyl groups excluding tert-OH is 1. The van der Waals surface area contributed by atoms with Crippen molar-refractivity contribution in [1.29, 1.82) is 0 Å². The lowest BCUT2D eigenvalue weighted by Gasteiger charge is -2.25. The van der Waals surface area contributed by atoms with Crippen LogP contribution in [-0.2, 0) is 16.1 Å². The lowest BCUT2D eigenvalue weighted by Crippen LogP contribution is -2.29. The summed E-state index contributed by atoms with van der Waals surface area (Å²) < 4.78 is 15.9. The largest absolute Gasteiger partial charge is 0.507 e. The fraction of sp³-hybridized carbons (Fsp3) is 0.192. The average Bonchev–Trinajstić information content (AvgIpc) is 3.13. The van der Waals surface area contributed by atoms with Crippen LogP contribution in [0.1, 0.15) is 22.7 Å². The molecule has 3 aromatic rings. The van der Waals surface area contributed by atoms with Gasteiger partial charge < -0.3 is 24.2 Å². The molecule has 174 valence electrons. The van der Waals surface area contributed by atoms with E-state index in [1.165, 1.54) is 19.1 Å². The van der Waals surface area contributed by atoms with Crippen molar-refractivity contribution in [3.63, 3.8) is 0 Å². The first-order valence-corrected chi connectivity index (χ1v) is 10.5. The van der Waals surface area contributed by atoms with Gasteiger partial charge >= 0.3 is 0 Å². The van der Waals surface area contributed by atoms with Crippen molar-refractivity contribution < 1.29 is 28.9 Å². The molecule has 2 aromatic carbocycles. The van der Waals surface area contributed by atoms with Crippen LogP contribution >= 0.6 is 0 Å². The SMILES string of the molecule is COc1ccc(C2/C(=C(\O)c3cc(OC)ccc3OC)C(=O)C(=O)N2Cc2ccncc2)cc1.